The Kier molecular flexibility index (Phi) is 6.14. The van der Waals surface area contributed by atoms with Crippen molar-refractivity contribution in [3.8, 4) is 11.8 Å². The first-order valence-corrected chi connectivity index (χ1v) is 13.1. The largest absolute Gasteiger partial charge is 0.573 e. The third-order valence-electron chi connectivity index (χ3n) is 8.84. The minimum atomic E-state index is -4.77. The van der Waals surface area contributed by atoms with Gasteiger partial charge >= 0.3 is 6.36 Å². The second-order valence-electron chi connectivity index (χ2n) is 11.3. The number of hydrogen-bond donors (Lipinski definition) is 2. The Balaban J connectivity index is 1.13. The smallest absolute Gasteiger partial charge is 0.405 e. The van der Waals surface area contributed by atoms with Crippen LogP contribution in [0.5, 0.6) is 5.75 Å². The Morgan fingerprint density at radius 1 is 1.11 bits per heavy atom. The van der Waals surface area contributed by atoms with Crippen LogP contribution in [0.25, 0.3) is 0 Å². The summed E-state index contributed by atoms with van der Waals surface area (Å²) in [4.78, 5) is 11.4. The van der Waals surface area contributed by atoms with Crippen LogP contribution < -0.4 is 15.4 Å². The van der Waals surface area contributed by atoms with Gasteiger partial charge in [-0.2, -0.15) is 10.2 Å². The van der Waals surface area contributed by atoms with Gasteiger partial charge in [0.25, 0.3) is 0 Å². The Morgan fingerprint density at radius 2 is 1.86 bits per heavy atom. The van der Waals surface area contributed by atoms with Gasteiger partial charge < -0.3 is 15.4 Å². The lowest BCUT2D eigenvalue weighted by atomic mass is 9.47. The highest BCUT2D eigenvalue weighted by Crippen LogP contribution is 2.61. The van der Waals surface area contributed by atoms with Gasteiger partial charge in [0.15, 0.2) is 0 Å². The number of hydrogen-bond acceptors (Lipinski definition) is 7. The Morgan fingerprint density at radius 3 is 2.54 bits per heavy atom. The monoisotopic (exact) mass is 512 g/mol. The summed E-state index contributed by atoms with van der Waals surface area (Å²) in [6.07, 6.45) is 4.39. The van der Waals surface area contributed by atoms with Crippen LogP contribution in [0.4, 0.5) is 24.9 Å². The molecule has 4 aliphatic carbocycles. The predicted molar refractivity (Wildman–Crippen MR) is 132 cm³/mol. The van der Waals surface area contributed by atoms with E-state index < -0.39 is 6.36 Å². The number of rotatable bonds is 8. The van der Waals surface area contributed by atoms with Crippen LogP contribution >= 0.6 is 0 Å². The molecule has 5 atom stereocenters. The maximum Gasteiger partial charge on any atom is 0.573 e. The number of anilines is 2. The van der Waals surface area contributed by atoms with Crippen LogP contribution in [0.2, 0.25) is 0 Å². The highest BCUT2D eigenvalue weighted by atomic mass is 19.4. The van der Waals surface area contributed by atoms with Crippen molar-refractivity contribution < 1.29 is 17.9 Å². The molecule has 37 heavy (non-hydrogen) atoms. The zero-order valence-corrected chi connectivity index (χ0v) is 20.6. The van der Waals surface area contributed by atoms with Crippen molar-refractivity contribution in [2.75, 3.05) is 30.3 Å². The first kappa shape index (κ1) is 24.3. The van der Waals surface area contributed by atoms with E-state index in [2.05, 4.69) is 36.3 Å². The van der Waals surface area contributed by atoms with Crippen molar-refractivity contribution >= 4 is 11.8 Å². The molecule has 1 saturated heterocycles. The zero-order valence-electron chi connectivity index (χ0n) is 20.6. The zero-order chi connectivity index (χ0) is 25.6. The average molecular weight is 513 g/mol. The van der Waals surface area contributed by atoms with Crippen LogP contribution in [-0.4, -0.2) is 46.9 Å². The van der Waals surface area contributed by atoms with E-state index in [1.54, 1.807) is 12.1 Å². The molecule has 7 nitrogen and oxygen atoms in total. The van der Waals surface area contributed by atoms with E-state index >= 15 is 0 Å². The van der Waals surface area contributed by atoms with E-state index in [1.165, 1.54) is 69.9 Å². The molecule has 5 fully saturated rings. The number of halogens is 3. The maximum atomic E-state index is 12.7. The van der Waals surface area contributed by atoms with Crippen molar-refractivity contribution in [3.05, 3.63) is 41.6 Å². The number of nitriles is 1. The van der Waals surface area contributed by atoms with Gasteiger partial charge in [0.1, 0.15) is 23.2 Å². The van der Waals surface area contributed by atoms with Crippen LogP contribution in [0.1, 0.15) is 49.7 Å². The van der Waals surface area contributed by atoms with Crippen LogP contribution in [0.15, 0.2) is 30.5 Å². The highest BCUT2D eigenvalue weighted by molar-refractivity contribution is 5.53. The minimum Gasteiger partial charge on any atom is -0.405 e. The van der Waals surface area contributed by atoms with Gasteiger partial charge in [0, 0.05) is 24.7 Å². The van der Waals surface area contributed by atoms with E-state index in [4.69, 9.17) is 0 Å². The lowest BCUT2D eigenvalue weighted by molar-refractivity contribution is -0.274. The molecule has 10 heteroatoms. The van der Waals surface area contributed by atoms with E-state index in [0.29, 0.717) is 16.9 Å². The van der Waals surface area contributed by atoms with Crippen molar-refractivity contribution in [2.45, 2.75) is 57.5 Å². The molecule has 4 saturated carbocycles. The second kappa shape index (κ2) is 9.35. The number of nitrogens with zero attached hydrogens (tertiary/aromatic N) is 4. The van der Waals surface area contributed by atoms with E-state index in [-0.39, 0.29) is 23.7 Å². The number of ether oxygens (including phenoxy) is 1. The molecule has 0 amide bonds. The second-order valence-corrected chi connectivity index (χ2v) is 11.3. The van der Waals surface area contributed by atoms with E-state index in [9.17, 15) is 18.4 Å². The number of alkyl halides is 3. The Labute approximate surface area is 214 Å². The summed E-state index contributed by atoms with van der Waals surface area (Å²) in [7, 11) is 0. The standard InChI is InChI=1S/C27H31F3N6O/c28-27(29,30)37-22-5-2-1-4-18(22)14-32-25-33-15-21(13-31)24(35-25)34-16-26-10-17-8-19(11-26)23(20(9-17)12-26)36-6-3-7-36/h1-2,4-5,15,17,19-20,23H,3,6-12,14,16H2,(H2,32,33,34,35)/t17?,19-,20+,23?,26?. The molecule has 2 aromatic rings. The van der Waals surface area contributed by atoms with E-state index in [1.807, 2.05) is 0 Å². The molecular formula is C27H31F3N6O. The van der Waals surface area contributed by atoms with Crippen LogP contribution in [0.3, 0.4) is 0 Å². The molecule has 1 aliphatic heterocycles. The lowest BCUT2D eigenvalue weighted by Gasteiger charge is -2.63. The average Bonchev–Trinajstić information content (AvgIpc) is 2.82. The molecule has 196 valence electrons. The van der Waals surface area contributed by atoms with E-state index in [0.717, 1.165) is 30.3 Å². The summed E-state index contributed by atoms with van der Waals surface area (Å²) >= 11 is 0. The molecule has 2 N–H and O–H groups in total. The van der Waals surface area contributed by atoms with Crippen LogP contribution in [0, 0.1) is 34.5 Å². The normalized spacial score (nSPS) is 30.4. The Hall–Kier alpha value is -3.06. The van der Waals surface area contributed by atoms with Gasteiger partial charge in [-0.3, -0.25) is 4.90 Å². The van der Waals surface area contributed by atoms with Crippen molar-refractivity contribution in [2.24, 2.45) is 23.2 Å². The predicted octanol–water partition coefficient (Wildman–Crippen LogP) is 5.17. The summed E-state index contributed by atoms with van der Waals surface area (Å²) in [5.74, 6) is 2.78. The lowest BCUT2D eigenvalue weighted by Crippen LogP contribution is -2.62. The van der Waals surface area contributed by atoms with Gasteiger partial charge in [-0.25, -0.2) is 4.98 Å². The molecule has 0 spiro atoms. The molecule has 3 unspecified atom stereocenters. The number of likely N-dealkylation sites (tertiary alicyclic amines) is 1. The van der Waals surface area contributed by atoms with Gasteiger partial charge in [-0.15, -0.1) is 13.2 Å². The fourth-order valence-electron chi connectivity index (χ4n) is 7.62. The summed E-state index contributed by atoms with van der Waals surface area (Å²) in [5, 5.41) is 16.1. The Bertz CT molecular complexity index is 1180. The first-order valence-electron chi connectivity index (χ1n) is 13.1. The molecule has 7 rings (SSSR count). The fourth-order valence-corrected chi connectivity index (χ4v) is 7.62. The van der Waals surface area contributed by atoms with Gasteiger partial charge in [0.05, 0.1) is 6.20 Å². The third kappa shape index (κ3) is 4.93. The summed E-state index contributed by atoms with van der Waals surface area (Å²) in [6, 6.07) is 8.87. The molecule has 1 aromatic carbocycles. The molecular weight excluding hydrogens is 481 g/mol. The fraction of sp³-hybridized carbons (Fsp3) is 0.593. The SMILES string of the molecule is N#Cc1cnc(NCc2ccccc2OC(F)(F)F)nc1NCC12CC3C[C@H](C1)C(N1CCC1)[C@@H](C3)C2. The van der Waals surface area contributed by atoms with Gasteiger partial charge in [-0.05, 0) is 80.8 Å². The number of nitrogens with one attached hydrogen (secondary N) is 2. The number of para-hydroxylation sites is 1. The van der Waals surface area contributed by atoms with Crippen molar-refractivity contribution in [1.82, 2.24) is 14.9 Å². The molecule has 0 radical (unpaired) electrons. The minimum absolute atomic E-state index is 0.0461. The molecule has 1 aromatic heterocycles. The quantitative estimate of drug-likeness (QED) is 0.505. The topological polar surface area (TPSA) is 86.1 Å². The van der Waals surface area contributed by atoms with Crippen molar-refractivity contribution in [3.63, 3.8) is 0 Å². The van der Waals surface area contributed by atoms with Gasteiger partial charge in [0.2, 0.25) is 5.95 Å². The maximum absolute atomic E-state index is 12.7. The number of aromatic nitrogens is 2. The number of benzene rings is 1. The van der Waals surface area contributed by atoms with Gasteiger partial charge in [-0.1, -0.05) is 18.2 Å². The third-order valence-corrected chi connectivity index (χ3v) is 8.84. The summed E-state index contributed by atoms with van der Waals surface area (Å²) < 4.78 is 42.4. The van der Waals surface area contributed by atoms with Crippen LogP contribution in [-0.2, 0) is 6.54 Å². The first-order chi connectivity index (χ1) is 17.8. The van der Waals surface area contributed by atoms with Crippen molar-refractivity contribution in [1.29, 1.82) is 5.26 Å². The molecule has 5 aliphatic rings. The summed E-state index contributed by atoms with van der Waals surface area (Å²) in [5.41, 5.74) is 0.916. The molecule has 2 heterocycles. The molecule has 4 bridgehead atoms. The highest BCUT2D eigenvalue weighted by Gasteiger charge is 2.56. The summed E-state index contributed by atoms with van der Waals surface area (Å²) in [6.45, 7) is 3.33.